The van der Waals surface area contributed by atoms with Gasteiger partial charge in [0.05, 0.1) is 19.8 Å². The molecule has 3 heterocycles. The molecule has 11 nitrogen and oxygen atoms in total. The van der Waals surface area contributed by atoms with Crippen LogP contribution in [0.4, 0.5) is 0 Å². The first-order chi connectivity index (χ1) is 22.8. The fourth-order valence-electron chi connectivity index (χ4n) is 6.73. The second-order valence-corrected chi connectivity index (χ2v) is 18.0. The first kappa shape index (κ1) is 36.7. The summed E-state index contributed by atoms with van der Waals surface area (Å²) < 4.78 is 22.8. The number of rotatable bonds is 7. The van der Waals surface area contributed by atoms with E-state index in [1.807, 2.05) is 37.3 Å². The zero-order chi connectivity index (χ0) is 34.8. The molecule has 48 heavy (non-hydrogen) atoms. The summed E-state index contributed by atoms with van der Waals surface area (Å²) in [4.78, 5) is 0. The lowest BCUT2D eigenvalue weighted by atomic mass is 9.90. The van der Waals surface area contributed by atoms with Crippen molar-refractivity contribution in [1.29, 1.82) is 0 Å². The average Bonchev–Trinajstić information content (AvgIpc) is 3.55. The van der Waals surface area contributed by atoms with Crippen molar-refractivity contribution in [2.45, 2.75) is 101 Å². The summed E-state index contributed by atoms with van der Waals surface area (Å²) in [7, 11) is -2.75. The Hall–Kier alpha value is -2.56. The lowest BCUT2D eigenvalue weighted by Gasteiger charge is -2.43. The van der Waals surface area contributed by atoms with Crippen molar-refractivity contribution in [3.8, 4) is 0 Å². The summed E-state index contributed by atoms with van der Waals surface area (Å²) in [5.74, 6) is 0. The highest BCUT2D eigenvalue weighted by Crippen LogP contribution is 2.38. The number of ether oxygens (including phenoxy) is 3. The molecule has 3 fully saturated rings. The second kappa shape index (κ2) is 15.1. The number of hydrogen-bond acceptors (Lipinski definition) is 11. The maximum atomic E-state index is 10.7. The Balaban J connectivity index is 0.000000343. The summed E-state index contributed by atoms with van der Waals surface area (Å²) >= 11 is 0. The Bertz CT molecular complexity index is 1410. The molecule has 6 rings (SSSR count). The number of aryl methyl sites for hydroxylation is 1. The first-order valence-electron chi connectivity index (χ1n) is 16.3. The largest absolute Gasteiger partial charge is 0.403 e. The molecule has 0 saturated carbocycles. The smallest absolute Gasteiger partial charge is 0.261 e. The molecule has 7 N–H and O–H groups in total. The van der Waals surface area contributed by atoms with Gasteiger partial charge in [-0.3, -0.25) is 0 Å². The highest BCUT2D eigenvalue weighted by Gasteiger charge is 2.51. The highest BCUT2D eigenvalue weighted by atomic mass is 28.4. The van der Waals surface area contributed by atoms with Crippen LogP contribution in [0.15, 0.2) is 78.9 Å². The zero-order valence-electron chi connectivity index (χ0n) is 27.7. The summed E-state index contributed by atoms with van der Waals surface area (Å²) in [5, 5.41) is 70.5. The molecule has 262 valence electrons. The minimum absolute atomic E-state index is 0.168. The maximum absolute atomic E-state index is 10.7. The van der Waals surface area contributed by atoms with E-state index in [1.54, 1.807) is 0 Å². The number of hydrogen-bond donors (Lipinski definition) is 7. The van der Waals surface area contributed by atoms with Gasteiger partial charge in [-0.2, -0.15) is 0 Å². The molecule has 0 aliphatic carbocycles. The molecule has 0 amide bonds. The van der Waals surface area contributed by atoms with Crippen molar-refractivity contribution in [2.75, 3.05) is 13.2 Å². The lowest BCUT2D eigenvalue weighted by Crippen LogP contribution is -2.66. The van der Waals surface area contributed by atoms with Gasteiger partial charge >= 0.3 is 0 Å². The van der Waals surface area contributed by atoms with E-state index in [9.17, 15) is 30.6 Å². The van der Waals surface area contributed by atoms with E-state index in [0.717, 1.165) is 11.1 Å². The predicted molar refractivity (Wildman–Crippen MR) is 179 cm³/mol. The van der Waals surface area contributed by atoms with Crippen molar-refractivity contribution in [3.63, 3.8) is 0 Å². The molecule has 3 aromatic carbocycles. The molecule has 3 saturated heterocycles. The summed E-state index contributed by atoms with van der Waals surface area (Å²) in [6.45, 7) is 8.84. The SMILES string of the molecule is Cc1ccc([C@@H]2O[C@H](CO)[C@@H](O)[C@H](O)[C@H]2O)cc1CO[Si](c1ccccc1)(c1ccccc1)C(C)(C)C.O[C@@H]1[C@@H](O)[C@@H]2OC[C@@H](O2)[C@H]1O. The Kier molecular flexibility index (Phi) is 11.6. The van der Waals surface area contributed by atoms with Crippen LogP contribution in [-0.4, -0.2) is 112 Å². The van der Waals surface area contributed by atoms with Gasteiger partial charge in [0.25, 0.3) is 8.32 Å². The van der Waals surface area contributed by atoms with Crippen molar-refractivity contribution >= 4 is 18.7 Å². The van der Waals surface area contributed by atoms with E-state index >= 15 is 0 Å². The van der Waals surface area contributed by atoms with E-state index in [4.69, 9.17) is 23.7 Å². The molecule has 10 atom stereocenters. The fraction of sp³-hybridized carbons (Fsp3) is 0.500. The van der Waals surface area contributed by atoms with Gasteiger partial charge in [-0.15, -0.1) is 0 Å². The topological polar surface area (TPSA) is 179 Å². The van der Waals surface area contributed by atoms with Crippen LogP contribution in [-0.2, 0) is 25.2 Å². The average molecular weight is 685 g/mol. The third-order valence-corrected chi connectivity index (χ3v) is 14.5. The van der Waals surface area contributed by atoms with Crippen LogP contribution in [0.25, 0.3) is 0 Å². The van der Waals surface area contributed by atoms with Crippen molar-refractivity contribution < 1.29 is 54.4 Å². The van der Waals surface area contributed by atoms with E-state index in [1.165, 1.54) is 10.4 Å². The van der Waals surface area contributed by atoms with Gasteiger partial charge in [-0.25, -0.2) is 0 Å². The van der Waals surface area contributed by atoms with Gasteiger partial charge in [0.15, 0.2) is 6.29 Å². The van der Waals surface area contributed by atoms with E-state index in [2.05, 4.69) is 69.3 Å². The number of aliphatic hydroxyl groups excluding tert-OH is 7. The van der Waals surface area contributed by atoms with Gasteiger partial charge < -0.3 is 54.4 Å². The van der Waals surface area contributed by atoms with E-state index in [-0.39, 0.29) is 11.6 Å². The standard InChI is InChI=1S/C30H38O6Si.C6H10O5/c1-20-15-16-21(29-28(34)27(33)26(32)25(18-31)36-29)17-22(20)19-35-37(30(2,3)4,23-11-7-5-8-12-23)24-13-9-6-10-14-24;7-3-2-1-10-6(11-2)5(9)4(3)8/h5-17,25-29,31-34H,18-19H2,1-4H3;2-9H,1H2/t25-,26-,27+,28-,29+;2-,3-,4+,5-,6-/m11/s1. The van der Waals surface area contributed by atoms with Gasteiger partial charge in [0.2, 0.25) is 0 Å². The minimum Gasteiger partial charge on any atom is -0.403 e. The summed E-state index contributed by atoms with van der Waals surface area (Å²) in [6.07, 6.45) is -10.6. The lowest BCUT2D eigenvalue weighted by molar-refractivity contribution is -0.231. The van der Waals surface area contributed by atoms with Crippen molar-refractivity contribution in [3.05, 3.63) is 95.6 Å². The van der Waals surface area contributed by atoms with E-state index in [0.29, 0.717) is 12.2 Å². The molecular weight excluding hydrogens is 636 g/mol. The third-order valence-electron chi connectivity index (χ3n) is 9.55. The van der Waals surface area contributed by atoms with Crippen LogP contribution >= 0.6 is 0 Å². The van der Waals surface area contributed by atoms with Gasteiger partial charge in [0, 0.05) is 0 Å². The van der Waals surface area contributed by atoms with Crippen LogP contribution in [0.2, 0.25) is 5.04 Å². The minimum atomic E-state index is -2.75. The van der Waals surface area contributed by atoms with Gasteiger partial charge in [-0.1, -0.05) is 99.6 Å². The number of fused-ring (bicyclic) bond motifs is 2. The Labute approximate surface area is 282 Å². The molecule has 0 unspecified atom stereocenters. The Morgan fingerprint density at radius 2 is 1.31 bits per heavy atom. The van der Waals surface area contributed by atoms with E-state index < -0.39 is 76.1 Å². The molecule has 0 spiro atoms. The van der Waals surface area contributed by atoms with Crippen molar-refractivity contribution in [1.82, 2.24) is 0 Å². The zero-order valence-corrected chi connectivity index (χ0v) is 28.7. The second-order valence-electron chi connectivity index (χ2n) is 13.7. The summed E-state index contributed by atoms with van der Waals surface area (Å²) in [6, 6.07) is 26.6. The molecule has 3 aliphatic heterocycles. The molecular formula is C36H48O11Si. The van der Waals surface area contributed by atoms with Crippen LogP contribution in [0.5, 0.6) is 0 Å². The van der Waals surface area contributed by atoms with Crippen LogP contribution in [0.1, 0.15) is 43.6 Å². The highest BCUT2D eigenvalue weighted by molar-refractivity contribution is 6.99. The number of aliphatic hydroxyl groups is 7. The summed E-state index contributed by atoms with van der Waals surface area (Å²) in [5.41, 5.74) is 2.64. The fourth-order valence-corrected chi connectivity index (χ4v) is 11.3. The quantitative estimate of drug-likeness (QED) is 0.172. The number of benzene rings is 3. The first-order valence-corrected chi connectivity index (χ1v) is 18.2. The van der Waals surface area contributed by atoms with Crippen LogP contribution in [0.3, 0.4) is 0 Å². The normalized spacial score (nSPS) is 32.0. The Morgan fingerprint density at radius 1 is 0.729 bits per heavy atom. The van der Waals surface area contributed by atoms with Crippen LogP contribution in [0, 0.1) is 6.92 Å². The molecule has 12 heteroatoms. The molecule has 2 bridgehead atoms. The van der Waals surface area contributed by atoms with Gasteiger partial charge in [0.1, 0.15) is 54.9 Å². The molecule has 0 aromatic heterocycles. The molecule has 3 aromatic rings. The third kappa shape index (κ3) is 7.17. The van der Waals surface area contributed by atoms with Crippen LogP contribution < -0.4 is 10.4 Å². The molecule has 0 radical (unpaired) electrons. The molecule has 3 aliphatic rings. The maximum Gasteiger partial charge on any atom is 0.261 e. The van der Waals surface area contributed by atoms with Gasteiger partial charge in [-0.05, 0) is 39.0 Å². The Morgan fingerprint density at radius 3 is 1.88 bits per heavy atom. The predicted octanol–water partition coefficient (Wildman–Crippen LogP) is 0.411. The monoisotopic (exact) mass is 684 g/mol. The van der Waals surface area contributed by atoms with Crippen molar-refractivity contribution in [2.24, 2.45) is 0 Å².